The molecule has 25 heavy (non-hydrogen) atoms. The number of nitrogens with zero attached hydrogens (tertiary/aromatic N) is 3. The van der Waals surface area contributed by atoms with Crippen LogP contribution in [-0.2, 0) is 13.6 Å². The lowest BCUT2D eigenvalue weighted by atomic mass is 9.93. The molecule has 6 heteroatoms. The van der Waals surface area contributed by atoms with E-state index in [0.717, 1.165) is 42.5 Å². The smallest absolute Gasteiger partial charge is 0.317 e. The first-order valence-electron chi connectivity index (χ1n) is 8.68. The quantitative estimate of drug-likeness (QED) is 0.797. The molecule has 3 aromatic rings. The summed E-state index contributed by atoms with van der Waals surface area (Å²) < 4.78 is 7.46. The molecule has 0 saturated carbocycles. The van der Waals surface area contributed by atoms with E-state index in [4.69, 9.17) is 4.42 Å². The van der Waals surface area contributed by atoms with Gasteiger partial charge in [-0.3, -0.25) is 4.68 Å². The Bertz CT molecular complexity index is 874. The van der Waals surface area contributed by atoms with Crippen LogP contribution in [0.1, 0.15) is 30.0 Å². The van der Waals surface area contributed by atoms with Crippen molar-refractivity contribution in [3.8, 4) is 0 Å². The Morgan fingerprint density at radius 1 is 1.28 bits per heavy atom. The van der Waals surface area contributed by atoms with Gasteiger partial charge < -0.3 is 14.6 Å². The lowest BCUT2D eigenvalue weighted by Gasteiger charge is -2.32. The Morgan fingerprint density at radius 3 is 2.84 bits per heavy atom. The lowest BCUT2D eigenvalue weighted by Crippen LogP contribution is -2.44. The van der Waals surface area contributed by atoms with Gasteiger partial charge in [0.1, 0.15) is 5.58 Å². The summed E-state index contributed by atoms with van der Waals surface area (Å²) in [6.45, 7) is 2.03. The number of aryl methyl sites for hydroxylation is 1. The van der Waals surface area contributed by atoms with E-state index in [0.29, 0.717) is 12.5 Å². The number of piperidine rings is 1. The second-order valence-corrected chi connectivity index (χ2v) is 6.56. The van der Waals surface area contributed by atoms with Crippen molar-refractivity contribution < 1.29 is 9.21 Å². The monoisotopic (exact) mass is 338 g/mol. The maximum atomic E-state index is 12.5. The SMILES string of the molecule is Cn1nccc1C1CCN(C(=O)NCc2coc3ccccc23)CC1. The minimum absolute atomic E-state index is 0.00580. The standard InChI is InChI=1S/C19H22N4O2/c1-22-17(6-9-21-22)14-7-10-23(11-8-14)19(24)20-12-15-13-25-18-5-3-2-4-16(15)18/h2-6,9,13-14H,7-8,10-12H2,1H3,(H,20,24). The molecule has 1 N–H and O–H groups in total. The first-order chi connectivity index (χ1) is 12.2. The number of hydrogen-bond acceptors (Lipinski definition) is 3. The van der Waals surface area contributed by atoms with Gasteiger partial charge in [0.2, 0.25) is 0 Å². The fourth-order valence-corrected chi connectivity index (χ4v) is 3.62. The van der Waals surface area contributed by atoms with E-state index in [1.54, 1.807) is 6.26 Å². The Balaban J connectivity index is 1.33. The Hall–Kier alpha value is -2.76. The third-order valence-corrected chi connectivity index (χ3v) is 5.05. The van der Waals surface area contributed by atoms with E-state index in [2.05, 4.69) is 16.5 Å². The van der Waals surface area contributed by atoms with Gasteiger partial charge in [-0.1, -0.05) is 18.2 Å². The predicted octanol–water partition coefficient (Wildman–Crippen LogP) is 3.26. The summed E-state index contributed by atoms with van der Waals surface area (Å²) in [5.41, 5.74) is 3.11. The van der Waals surface area contributed by atoms with Crippen LogP contribution in [0.15, 0.2) is 47.2 Å². The van der Waals surface area contributed by atoms with Crippen molar-refractivity contribution in [2.24, 2.45) is 7.05 Å². The molecule has 1 aliphatic heterocycles. The van der Waals surface area contributed by atoms with Crippen molar-refractivity contribution in [1.29, 1.82) is 0 Å². The van der Waals surface area contributed by atoms with Crippen LogP contribution >= 0.6 is 0 Å². The molecule has 0 unspecified atom stereocenters. The number of hydrogen-bond donors (Lipinski definition) is 1. The molecule has 2 amide bonds. The van der Waals surface area contributed by atoms with Crippen LogP contribution in [0.2, 0.25) is 0 Å². The molecule has 130 valence electrons. The van der Waals surface area contributed by atoms with E-state index in [1.165, 1.54) is 5.69 Å². The van der Waals surface area contributed by atoms with Gasteiger partial charge in [0.25, 0.3) is 0 Å². The molecule has 1 saturated heterocycles. The highest BCUT2D eigenvalue weighted by Crippen LogP contribution is 2.27. The third kappa shape index (κ3) is 3.12. The normalized spacial score (nSPS) is 15.6. The number of furan rings is 1. The fraction of sp³-hybridized carbons (Fsp3) is 0.368. The summed E-state index contributed by atoms with van der Waals surface area (Å²) >= 11 is 0. The number of rotatable bonds is 3. The summed E-state index contributed by atoms with van der Waals surface area (Å²) in [5, 5.41) is 8.31. The number of amides is 2. The minimum atomic E-state index is -0.00580. The van der Waals surface area contributed by atoms with Crippen molar-refractivity contribution in [3.63, 3.8) is 0 Å². The van der Waals surface area contributed by atoms with Gasteiger partial charge in [-0.05, 0) is 25.0 Å². The summed E-state index contributed by atoms with van der Waals surface area (Å²) in [6, 6.07) is 9.94. The van der Waals surface area contributed by atoms with Gasteiger partial charge in [0.15, 0.2) is 0 Å². The van der Waals surface area contributed by atoms with Gasteiger partial charge in [0.05, 0.1) is 6.26 Å². The maximum absolute atomic E-state index is 12.5. The average Bonchev–Trinajstić information content (AvgIpc) is 3.26. The molecule has 0 atom stereocenters. The number of carbonyl (C=O) groups excluding carboxylic acids is 1. The van der Waals surface area contributed by atoms with E-state index in [9.17, 15) is 4.79 Å². The van der Waals surface area contributed by atoms with Gasteiger partial charge in [0, 0.05) is 55.4 Å². The van der Waals surface area contributed by atoms with Crippen molar-refractivity contribution in [1.82, 2.24) is 20.0 Å². The number of nitrogens with one attached hydrogen (secondary N) is 1. The largest absolute Gasteiger partial charge is 0.464 e. The molecule has 3 heterocycles. The highest BCUT2D eigenvalue weighted by molar-refractivity contribution is 5.81. The highest BCUT2D eigenvalue weighted by atomic mass is 16.3. The van der Waals surface area contributed by atoms with E-state index >= 15 is 0 Å². The Labute approximate surface area is 146 Å². The first-order valence-corrected chi connectivity index (χ1v) is 8.68. The van der Waals surface area contributed by atoms with Crippen LogP contribution < -0.4 is 5.32 Å². The number of carbonyl (C=O) groups is 1. The topological polar surface area (TPSA) is 63.3 Å². The van der Waals surface area contributed by atoms with E-state index < -0.39 is 0 Å². The molecule has 2 aromatic heterocycles. The van der Waals surface area contributed by atoms with Crippen molar-refractivity contribution in [2.45, 2.75) is 25.3 Å². The van der Waals surface area contributed by atoms with Gasteiger partial charge in [-0.15, -0.1) is 0 Å². The number of likely N-dealkylation sites (tertiary alicyclic amines) is 1. The number of benzene rings is 1. The summed E-state index contributed by atoms with van der Waals surface area (Å²) in [4.78, 5) is 14.4. The van der Waals surface area contributed by atoms with Crippen molar-refractivity contribution in [2.75, 3.05) is 13.1 Å². The Morgan fingerprint density at radius 2 is 2.08 bits per heavy atom. The molecule has 0 aliphatic carbocycles. The summed E-state index contributed by atoms with van der Waals surface area (Å²) in [6.07, 6.45) is 5.51. The van der Waals surface area contributed by atoms with Crippen molar-refractivity contribution in [3.05, 3.63) is 54.0 Å². The van der Waals surface area contributed by atoms with E-state index in [-0.39, 0.29) is 6.03 Å². The fourth-order valence-electron chi connectivity index (χ4n) is 3.62. The van der Waals surface area contributed by atoms with Crippen LogP contribution in [0.3, 0.4) is 0 Å². The zero-order valence-corrected chi connectivity index (χ0v) is 14.3. The van der Waals surface area contributed by atoms with Crippen LogP contribution in [0.5, 0.6) is 0 Å². The average molecular weight is 338 g/mol. The van der Waals surface area contributed by atoms with E-state index in [1.807, 2.05) is 47.1 Å². The van der Waals surface area contributed by atoms with Crippen molar-refractivity contribution >= 4 is 17.0 Å². The maximum Gasteiger partial charge on any atom is 0.317 e. The zero-order chi connectivity index (χ0) is 17.2. The number of fused-ring (bicyclic) bond motifs is 1. The summed E-state index contributed by atoms with van der Waals surface area (Å²) in [5.74, 6) is 0.481. The Kier molecular flexibility index (Phi) is 4.17. The lowest BCUT2D eigenvalue weighted by molar-refractivity contribution is 0.180. The molecular formula is C19H22N4O2. The molecular weight excluding hydrogens is 316 g/mol. The molecule has 1 aliphatic rings. The first kappa shape index (κ1) is 15.7. The predicted molar refractivity (Wildman–Crippen MR) is 95.2 cm³/mol. The molecule has 0 radical (unpaired) electrons. The number of para-hydroxylation sites is 1. The zero-order valence-electron chi connectivity index (χ0n) is 14.3. The molecule has 4 rings (SSSR count). The summed E-state index contributed by atoms with van der Waals surface area (Å²) in [7, 11) is 1.98. The minimum Gasteiger partial charge on any atom is -0.464 e. The molecule has 0 bridgehead atoms. The van der Waals surface area contributed by atoms with Gasteiger partial charge in [-0.25, -0.2) is 4.79 Å². The number of urea groups is 1. The van der Waals surface area contributed by atoms with Crippen LogP contribution in [0, 0.1) is 0 Å². The second kappa shape index (κ2) is 6.63. The highest BCUT2D eigenvalue weighted by Gasteiger charge is 2.25. The molecule has 1 aromatic carbocycles. The van der Waals surface area contributed by atoms with Crippen LogP contribution in [0.4, 0.5) is 4.79 Å². The van der Waals surface area contributed by atoms with Crippen LogP contribution in [-0.4, -0.2) is 33.8 Å². The molecule has 0 spiro atoms. The second-order valence-electron chi connectivity index (χ2n) is 6.56. The molecule has 1 fully saturated rings. The number of aromatic nitrogens is 2. The third-order valence-electron chi connectivity index (χ3n) is 5.05. The van der Waals surface area contributed by atoms with Crippen LogP contribution in [0.25, 0.3) is 11.0 Å². The molecule has 6 nitrogen and oxygen atoms in total. The van der Waals surface area contributed by atoms with Gasteiger partial charge in [-0.2, -0.15) is 5.10 Å². The van der Waals surface area contributed by atoms with Gasteiger partial charge >= 0.3 is 6.03 Å².